The highest BCUT2D eigenvalue weighted by atomic mass is 79.9. The Labute approximate surface area is 119 Å². The van der Waals surface area contributed by atoms with Crippen molar-refractivity contribution in [3.8, 4) is 0 Å². The molecule has 1 N–H and O–H groups in total. The lowest BCUT2D eigenvalue weighted by Crippen LogP contribution is -2.14. The van der Waals surface area contributed by atoms with Crippen molar-refractivity contribution in [1.29, 1.82) is 0 Å². The van der Waals surface area contributed by atoms with Gasteiger partial charge in [-0.25, -0.2) is 0 Å². The van der Waals surface area contributed by atoms with E-state index in [1.165, 1.54) is 50.5 Å². The van der Waals surface area contributed by atoms with Gasteiger partial charge in [0.1, 0.15) is 0 Å². The van der Waals surface area contributed by atoms with Gasteiger partial charge in [0.15, 0.2) is 0 Å². The summed E-state index contributed by atoms with van der Waals surface area (Å²) in [5.74, 6) is 0. The summed E-state index contributed by atoms with van der Waals surface area (Å²) in [4.78, 5) is 0. The number of rotatable bonds is 8. The van der Waals surface area contributed by atoms with Crippen molar-refractivity contribution in [3.63, 3.8) is 0 Å². The van der Waals surface area contributed by atoms with Crippen LogP contribution in [0.15, 0.2) is 18.2 Å². The summed E-state index contributed by atoms with van der Waals surface area (Å²) in [5, 5.41) is 4.71. The average Bonchev–Trinajstić information content (AvgIpc) is 2.85. The summed E-state index contributed by atoms with van der Waals surface area (Å²) in [6.45, 7) is 2.19. The Hall–Kier alpha value is -0.340. The number of unbranched alkanes of at least 4 members (excludes halogenated alkanes) is 3. The number of fused-ring (bicyclic) bond motifs is 1. The molecular formula is C16H24BrN. The number of benzene rings is 1. The number of nitrogens with one attached hydrogen (secondary N) is 1. The zero-order valence-electron chi connectivity index (χ0n) is 11.2. The van der Waals surface area contributed by atoms with Gasteiger partial charge in [0.25, 0.3) is 0 Å². The van der Waals surface area contributed by atoms with E-state index in [1.54, 1.807) is 11.1 Å². The molecular weight excluding hydrogens is 286 g/mol. The highest BCUT2D eigenvalue weighted by Gasteiger charge is 2.10. The highest BCUT2D eigenvalue weighted by Crippen LogP contribution is 2.22. The summed E-state index contributed by atoms with van der Waals surface area (Å²) in [5.41, 5.74) is 4.62. The van der Waals surface area contributed by atoms with Crippen LogP contribution in [0.25, 0.3) is 0 Å². The van der Waals surface area contributed by atoms with E-state index >= 15 is 0 Å². The van der Waals surface area contributed by atoms with E-state index < -0.39 is 0 Å². The molecule has 0 aromatic heterocycles. The molecule has 0 saturated carbocycles. The number of hydrogen-bond acceptors (Lipinski definition) is 1. The fourth-order valence-corrected chi connectivity index (χ4v) is 3.06. The van der Waals surface area contributed by atoms with E-state index in [-0.39, 0.29) is 0 Å². The minimum absolute atomic E-state index is 1.03. The Balaban J connectivity index is 1.62. The van der Waals surface area contributed by atoms with Crippen molar-refractivity contribution in [2.45, 2.75) is 51.5 Å². The largest absolute Gasteiger partial charge is 0.313 e. The molecule has 0 atom stereocenters. The maximum atomic E-state index is 3.56. The molecule has 0 spiro atoms. The molecule has 1 aliphatic rings. The minimum Gasteiger partial charge on any atom is -0.313 e. The molecule has 0 unspecified atom stereocenters. The summed E-state index contributed by atoms with van der Waals surface area (Å²) in [6.07, 6.45) is 9.24. The molecule has 1 nitrogen and oxygen atoms in total. The maximum absolute atomic E-state index is 3.56. The van der Waals surface area contributed by atoms with Gasteiger partial charge in [0, 0.05) is 11.9 Å². The van der Waals surface area contributed by atoms with E-state index in [0.29, 0.717) is 0 Å². The lowest BCUT2D eigenvalue weighted by Gasteiger charge is -2.07. The van der Waals surface area contributed by atoms with Gasteiger partial charge in [-0.15, -0.1) is 0 Å². The first-order valence-electron chi connectivity index (χ1n) is 7.27. The average molecular weight is 310 g/mol. The third-order valence-corrected chi connectivity index (χ3v) is 4.29. The molecule has 0 radical (unpaired) electrons. The standard InChI is InChI=1S/C16H24BrN/c17-10-3-1-2-4-11-18-13-14-8-9-15-6-5-7-16(15)12-14/h8-9,12,18H,1-7,10-11,13H2. The number of halogens is 1. The third kappa shape index (κ3) is 4.40. The fourth-order valence-electron chi connectivity index (χ4n) is 2.67. The van der Waals surface area contributed by atoms with Crippen LogP contribution in [0.1, 0.15) is 48.8 Å². The molecule has 2 rings (SSSR count). The molecule has 1 aromatic carbocycles. The second kappa shape index (κ2) is 7.96. The molecule has 0 saturated heterocycles. The van der Waals surface area contributed by atoms with Crippen LogP contribution in [0, 0.1) is 0 Å². The lowest BCUT2D eigenvalue weighted by molar-refractivity contribution is 0.600. The van der Waals surface area contributed by atoms with Crippen molar-refractivity contribution in [2.24, 2.45) is 0 Å². The molecule has 0 bridgehead atoms. The van der Waals surface area contributed by atoms with Gasteiger partial charge in [0.05, 0.1) is 0 Å². The SMILES string of the molecule is BrCCCCCCNCc1ccc2c(c1)CCC2. The van der Waals surface area contributed by atoms with Crippen LogP contribution >= 0.6 is 15.9 Å². The minimum atomic E-state index is 1.03. The van der Waals surface area contributed by atoms with Crippen molar-refractivity contribution in [3.05, 3.63) is 34.9 Å². The Kier molecular flexibility index (Phi) is 6.22. The van der Waals surface area contributed by atoms with E-state index in [9.17, 15) is 0 Å². The zero-order valence-corrected chi connectivity index (χ0v) is 12.8. The van der Waals surface area contributed by atoms with Crippen molar-refractivity contribution in [2.75, 3.05) is 11.9 Å². The zero-order chi connectivity index (χ0) is 12.6. The fraction of sp³-hybridized carbons (Fsp3) is 0.625. The van der Waals surface area contributed by atoms with Crippen molar-refractivity contribution < 1.29 is 0 Å². The summed E-state index contributed by atoms with van der Waals surface area (Å²) < 4.78 is 0. The Morgan fingerprint density at radius 3 is 2.72 bits per heavy atom. The molecule has 0 fully saturated rings. The number of aryl methyl sites for hydroxylation is 2. The molecule has 1 aliphatic carbocycles. The lowest BCUT2D eigenvalue weighted by atomic mass is 10.1. The summed E-state index contributed by atoms with van der Waals surface area (Å²) in [6, 6.07) is 7.03. The Bertz CT molecular complexity index is 362. The van der Waals surface area contributed by atoms with Gasteiger partial charge >= 0.3 is 0 Å². The Morgan fingerprint density at radius 2 is 1.83 bits per heavy atom. The van der Waals surface area contributed by atoms with Gasteiger partial charge in [-0.2, -0.15) is 0 Å². The normalized spacial score (nSPS) is 13.8. The van der Waals surface area contributed by atoms with Gasteiger partial charge < -0.3 is 5.32 Å². The van der Waals surface area contributed by atoms with Crippen LogP contribution in [-0.2, 0) is 19.4 Å². The van der Waals surface area contributed by atoms with Gasteiger partial charge in [0.2, 0.25) is 0 Å². The van der Waals surface area contributed by atoms with Crippen LogP contribution in [0.5, 0.6) is 0 Å². The molecule has 18 heavy (non-hydrogen) atoms. The van der Waals surface area contributed by atoms with Gasteiger partial charge in [-0.05, 0) is 55.3 Å². The first kappa shape index (κ1) is 14.1. The third-order valence-electron chi connectivity index (χ3n) is 3.73. The highest BCUT2D eigenvalue weighted by molar-refractivity contribution is 9.09. The molecule has 1 aromatic rings. The van der Waals surface area contributed by atoms with E-state index in [0.717, 1.165) is 18.4 Å². The van der Waals surface area contributed by atoms with Crippen LogP contribution in [0.3, 0.4) is 0 Å². The molecule has 0 amide bonds. The molecule has 0 aliphatic heterocycles. The predicted molar refractivity (Wildman–Crippen MR) is 82.4 cm³/mol. The van der Waals surface area contributed by atoms with Crippen LogP contribution in [0.2, 0.25) is 0 Å². The number of hydrogen-bond donors (Lipinski definition) is 1. The van der Waals surface area contributed by atoms with Crippen LogP contribution in [0.4, 0.5) is 0 Å². The quantitative estimate of drug-likeness (QED) is 0.560. The predicted octanol–water partition coefficient (Wildman–Crippen LogP) is 4.22. The molecule has 2 heteroatoms. The first-order valence-corrected chi connectivity index (χ1v) is 8.39. The van der Waals surface area contributed by atoms with Crippen molar-refractivity contribution in [1.82, 2.24) is 5.32 Å². The van der Waals surface area contributed by atoms with E-state index in [4.69, 9.17) is 0 Å². The van der Waals surface area contributed by atoms with Crippen LogP contribution < -0.4 is 5.32 Å². The Morgan fingerprint density at radius 1 is 1.00 bits per heavy atom. The monoisotopic (exact) mass is 309 g/mol. The summed E-state index contributed by atoms with van der Waals surface area (Å²) >= 11 is 3.47. The number of alkyl halides is 1. The maximum Gasteiger partial charge on any atom is 0.0205 e. The van der Waals surface area contributed by atoms with Gasteiger partial charge in [-0.1, -0.05) is 47.0 Å². The topological polar surface area (TPSA) is 12.0 Å². The molecule has 0 heterocycles. The van der Waals surface area contributed by atoms with E-state index in [1.807, 2.05) is 0 Å². The second-order valence-electron chi connectivity index (χ2n) is 5.24. The summed E-state index contributed by atoms with van der Waals surface area (Å²) in [7, 11) is 0. The van der Waals surface area contributed by atoms with Crippen molar-refractivity contribution >= 4 is 15.9 Å². The molecule has 100 valence electrons. The smallest absolute Gasteiger partial charge is 0.0205 e. The van der Waals surface area contributed by atoms with Crippen LogP contribution in [-0.4, -0.2) is 11.9 Å². The first-order chi connectivity index (χ1) is 8.90. The van der Waals surface area contributed by atoms with E-state index in [2.05, 4.69) is 39.4 Å². The van der Waals surface area contributed by atoms with Gasteiger partial charge in [-0.3, -0.25) is 0 Å². The second-order valence-corrected chi connectivity index (χ2v) is 6.03.